The average molecular weight is 399 g/mol. The van der Waals surface area contributed by atoms with Gasteiger partial charge >= 0.3 is 0 Å². The van der Waals surface area contributed by atoms with Crippen LogP contribution in [-0.2, 0) is 0 Å². The van der Waals surface area contributed by atoms with E-state index >= 15 is 0 Å². The van der Waals surface area contributed by atoms with Crippen LogP contribution in [0, 0.1) is 0 Å². The topological polar surface area (TPSA) is 49.3 Å². The molecule has 2 aromatic rings. The molecular formula is C15H13Br2NO2. The molecule has 0 saturated carbocycles. The van der Waals surface area contributed by atoms with Crippen LogP contribution in [0.4, 0.5) is 0 Å². The van der Waals surface area contributed by atoms with Crippen molar-refractivity contribution >= 4 is 37.8 Å². The third kappa shape index (κ3) is 3.69. The van der Waals surface area contributed by atoms with Crippen LogP contribution in [0.3, 0.4) is 0 Å². The quantitative estimate of drug-likeness (QED) is 0.825. The number of hydrogen-bond acceptors (Lipinski definition) is 2. The van der Waals surface area contributed by atoms with Gasteiger partial charge in [0.15, 0.2) is 0 Å². The summed E-state index contributed by atoms with van der Waals surface area (Å²) in [5, 5.41) is 12.3. The summed E-state index contributed by atoms with van der Waals surface area (Å²) in [6, 6.07) is 14.3. The van der Waals surface area contributed by atoms with Crippen molar-refractivity contribution in [2.24, 2.45) is 0 Å². The number of hydrogen-bond donors (Lipinski definition) is 2. The molecule has 2 aromatic carbocycles. The van der Waals surface area contributed by atoms with Crippen LogP contribution in [-0.4, -0.2) is 17.6 Å². The number of carbonyl (C=O) groups excluding carboxylic acids is 1. The second kappa shape index (κ2) is 7.02. The fraction of sp³-hybridized carbons (Fsp3) is 0.133. The molecule has 0 fully saturated rings. The number of aliphatic hydroxyl groups is 1. The van der Waals surface area contributed by atoms with Gasteiger partial charge < -0.3 is 10.4 Å². The van der Waals surface area contributed by atoms with Crippen LogP contribution in [0.15, 0.2) is 57.5 Å². The van der Waals surface area contributed by atoms with Crippen LogP contribution in [0.1, 0.15) is 22.0 Å². The van der Waals surface area contributed by atoms with E-state index in [1.165, 1.54) is 0 Å². The lowest BCUT2D eigenvalue weighted by Crippen LogP contribution is -2.31. The molecule has 1 atom stereocenters. The standard InChI is InChI=1S/C15H13Br2NO2/c16-11-6-7-12(13(17)8-11)15(20)18-14(9-19)10-4-2-1-3-5-10/h1-8,14,19H,9H2,(H,18,20)/t14-/m1/s1. The third-order valence-electron chi connectivity index (χ3n) is 2.87. The van der Waals surface area contributed by atoms with Gasteiger partial charge in [0.25, 0.3) is 5.91 Å². The molecule has 0 aliphatic rings. The molecule has 0 spiro atoms. The first-order valence-corrected chi connectivity index (χ1v) is 7.62. The van der Waals surface area contributed by atoms with E-state index in [4.69, 9.17) is 0 Å². The fourth-order valence-corrected chi connectivity index (χ4v) is 3.06. The van der Waals surface area contributed by atoms with Crippen LogP contribution in [0.5, 0.6) is 0 Å². The highest BCUT2D eigenvalue weighted by Crippen LogP contribution is 2.22. The van der Waals surface area contributed by atoms with E-state index in [-0.39, 0.29) is 12.5 Å². The molecule has 104 valence electrons. The average Bonchev–Trinajstić information content (AvgIpc) is 2.45. The van der Waals surface area contributed by atoms with Gasteiger partial charge in [-0.15, -0.1) is 0 Å². The van der Waals surface area contributed by atoms with E-state index in [1.54, 1.807) is 12.1 Å². The summed E-state index contributed by atoms with van der Waals surface area (Å²) in [5.41, 5.74) is 1.40. The van der Waals surface area contributed by atoms with Crippen LogP contribution in [0.2, 0.25) is 0 Å². The molecule has 0 aliphatic carbocycles. The van der Waals surface area contributed by atoms with Gasteiger partial charge in [0.05, 0.1) is 18.2 Å². The zero-order chi connectivity index (χ0) is 14.5. The number of benzene rings is 2. The Bertz CT molecular complexity index is 602. The highest BCUT2D eigenvalue weighted by molar-refractivity contribution is 9.11. The van der Waals surface area contributed by atoms with Gasteiger partial charge in [0.1, 0.15) is 0 Å². The van der Waals surface area contributed by atoms with Gasteiger partial charge in [-0.2, -0.15) is 0 Å². The van der Waals surface area contributed by atoms with E-state index in [1.807, 2.05) is 36.4 Å². The number of aliphatic hydroxyl groups excluding tert-OH is 1. The molecule has 5 heteroatoms. The zero-order valence-corrected chi connectivity index (χ0v) is 13.7. The zero-order valence-electron chi connectivity index (χ0n) is 10.5. The molecule has 0 saturated heterocycles. The van der Waals surface area contributed by atoms with Crippen LogP contribution in [0.25, 0.3) is 0 Å². The van der Waals surface area contributed by atoms with Crippen molar-refractivity contribution < 1.29 is 9.90 Å². The summed E-state index contributed by atoms with van der Waals surface area (Å²) in [6.45, 7) is -0.149. The highest BCUT2D eigenvalue weighted by Gasteiger charge is 2.16. The minimum atomic E-state index is -0.417. The molecule has 20 heavy (non-hydrogen) atoms. The summed E-state index contributed by atoms with van der Waals surface area (Å²) in [5.74, 6) is -0.229. The summed E-state index contributed by atoms with van der Waals surface area (Å²) < 4.78 is 1.59. The van der Waals surface area contributed by atoms with Crippen LogP contribution < -0.4 is 5.32 Å². The Labute approximate surface area is 134 Å². The van der Waals surface area contributed by atoms with Gasteiger partial charge in [0.2, 0.25) is 0 Å². The Balaban J connectivity index is 2.17. The predicted molar refractivity (Wildman–Crippen MR) is 85.6 cm³/mol. The summed E-state index contributed by atoms with van der Waals surface area (Å²) in [7, 11) is 0. The first-order chi connectivity index (χ1) is 9.61. The maximum absolute atomic E-state index is 12.3. The lowest BCUT2D eigenvalue weighted by atomic mass is 10.1. The number of carbonyl (C=O) groups is 1. The van der Waals surface area contributed by atoms with E-state index in [0.717, 1.165) is 10.0 Å². The third-order valence-corrected chi connectivity index (χ3v) is 4.01. The SMILES string of the molecule is O=C(N[C@H](CO)c1ccccc1)c1ccc(Br)cc1Br. The van der Waals surface area contributed by atoms with Crippen molar-refractivity contribution in [1.29, 1.82) is 0 Å². The molecule has 0 aromatic heterocycles. The number of nitrogens with one attached hydrogen (secondary N) is 1. The Morgan fingerprint density at radius 1 is 1.15 bits per heavy atom. The Kier molecular flexibility index (Phi) is 5.34. The van der Waals surface area contributed by atoms with Gasteiger partial charge in [-0.25, -0.2) is 0 Å². The number of rotatable bonds is 4. The fourth-order valence-electron chi connectivity index (χ4n) is 1.83. The second-order valence-corrected chi connectivity index (χ2v) is 6.01. The molecule has 2 rings (SSSR count). The predicted octanol–water partition coefficient (Wildman–Crippen LogP) is 3.68. The Hall–Kier alpha value is -1.17. The molecule has 1 amide bonds. The smallest absolute Gasteiger partial charge is 0.252 e. The lowest BCUT2D eigenvalue weighted by Gasteiger charge is -2.17. The summed E-state index contributed by atoms with van der Waals surface area (Å²) in [6.07, 6.45) is 0. The first kappa shape index (κ1) is 15.2. The van der Waals surface area contributed by atoms with E-state index in [9.17, 15) is 9.90 Å². The molecule has 0 aliphatic heterocycles. The normalized spacial score (nSPS) is 11.9. The van der Waals surface area contributed by atoms with Crippen molar-refractivity contribution in [3.05, 3.63) is 68.6 Å². The monoisotopic (exact) mass is 397 g/mol. The molecule has 0 heterocycles. The number of amides is 1. The maximum Gasteiger partial charge on any atom is 0.252 e. The number of halogens is 2. The van der Waals surface area contributed by atoms with E-state index in [0.29, 0.717) is 10.0 Å². The van der Waals surface area contributed by atoms with Crippen molar-refractivity contribution in [2.45, 2.75) is 6.04 Å². The van der Waals surface area contributed by atoms with Crippen molar-refractivity contribution in [3.8, 4) is 0 Å². The van der Waals surface area contributed by atoms with Crippen LogP contribution >= 0.6 is 31.9 Å². The minimum absolute atomic E-state index is 0.149. The van der Waals surface area contributed by atoms with Crippen molar-refractivity contribution in [2.75, 3.05) is 6.61 Å². The molecule has 0 bridgehead atoms. The molecule has 2 N–H and O–H groups in total. The Morgan fingerprint density at radius 3 is 2.45 bits per heavy atom. The van der Waals surface area contributed by atoms with Gasteiger partial charge in [-0.3, -0.25) is 4.79 Å². The van der Waals surface area contributed by atoms with E-state index in [2.05, 4.69) is 37.2 Å². The Morgan fingerprint density at radius 2 is 1.85 bits per heavy atom. The van der Waals surface area contributed by atoms with E-state index < -0.39 is 6.04 Å². The van der Waals surface area contributed by atoms with Gasteiger partial charge in [-0.05, 0) is 39.7 Å². The molecule has 3 nitrogen and oxygen atoms in total. The minimum Gasteiger partial charge on any atom is -0.394 e. The van der Waals surface area contributed by atoms with Crippen molar-refractivity contribution in [3.63, 3.8) is 0 Å². The largest absolute Gasteiger partial charge is 0.394 e. The molecule has 0 radical (unpaired) electrons. The van der Waals surface area contributed by atoms with Gasteiger partial charge in [-0.1, -0.05) is 46.3 Å². The lowest BCUT2D eigenvalue weighted by molar-refractivity contribution is 0.0915. The first-order valence-electron chi connectivity index (χ1n) is 6.03. The molecular weight excluding hydrogens is 386 g/mol. The highest BCUT2D eigenvalue weighted by atomic mass is 79.9. The second-order valence-electron chi connectivity index (χ2n) is 4.24. The van der Waals surface area contributed by atoms with Crippen molar-refractivity contribution in [1.82, 2.24) is 5.32 Å². The summed E-state index contributed by atoms with van der Waals surface area (Å²) in [4.78, 5) is 12.3. The molecule has 0 unspecified atom stereocenters. The van der Waals surface area contributed by atoms with Gasteiger partial charge in [0, 0.05) is 8.95 Å². The summed E-state index contributed by atoms with van der Waals surface area (Å²) >= 11 is 6.71. The maximum atomic E-state index is 12.3.